The summed E-state index contributed by atoms with van der Waals surface area (Å²) >= 11 is 0. The smallest absolute Gasteiger partial charge is 0.0158 e. The van der Waals surface area contributed by atoms with Gasteiger partial charge < -0.3 is 0 Å². The van der Waals surface area contributed by atoms with Gasteiger partial charge in [-0.3, -0.25) is 0 Å². The van der Waals surface area contributed by atoms with Gasteiger partial charge in [0.2, 0.25) is 0 Å². The standard InChI is InChI=1S/C25H26/c1-3-9-19-15-14-18(2)22-16-17-23(25(19)22)24(21-12-7-8-13-21)20-10-5-4-6-11-20/h4-8,10-12,14-17,23-24H,3,9,13H2,1-2H3. The fraction of sp³-hybridized carbons (Fsp3) is 0.280. The molecule has 126 valence electrons. The van der Waals surface area contributed by atoms with Crippen LogP contribution in [-0.4, -0.2) is 0 Å². The molecule has 0 saturated heterocycles. The molecule has 2 aromatic carbocycles. The van der Waals surface area contributed by atoms with Crippen LogP contribution in [-0.2, 0) is 6.42 Å². The van der Waals surface area contributed by atoms with Crippen molar-refractivity contribution in [2.75, 3.05) is 0 Å². The molecule has 0 heterocycles. The van der Waals surface area contributed by atoms with E-state index < -0.39 is 0 Å². The Morgan fingerprint density at radius 1 is 1.08 bits per heavy atom. The largest absolute Gasteiger partial charge is 0.0804 e. The number of fused-ring (bicyclic) bond motifs is 1. The number of aryl methyl sites for hydroxylation is 2. The molecule has 0 saturated carbocycles. The second kappa shape index (κ2) is 6.88. The van der Waals surface area contributed by atoms with E-state index in [-0.39, 0.29) is 0 Å². The van der Waals surface area contributed by atoms with Crippen molar-refractivity contribution in [2.45, 2.75) is 44.9 Å². The van der Waals surface area contributed by atoms with Crippen LogP contribution >= 0.6 is 0 Å². The van der Waals surface area contributed by atoms with Crippen LogP contribution in [0.5, 0.6) is 0 Å². The number of allylic oxidation sites excluding steroid dienone is 5. The molecule has 0 radical (unpaired) electrons. The maximum Gasteiger partial charge on any atom is 0.0158 e. The second-order valence-electron chi connectivity index (χ2n) is 7.27. The lowest BCUT2D eigenvalue weighted by Gasteiger charge is -2.28. The molecule has 0 nitrogen and oxygen atoms in total. The van der Waals surface area contributed by atoms with Crippen molar-refractivity contribution in [2.24, 2.45) is 0 Å². The molecular weight excluding hydrogens is 300 g/mol. The molecule has 2 aromatic rings. The van der Waals surface area contributed by atoms with Crippen LogP contribution in [0.1, 0.15) is 59.4 Å². The molecule has 2 unspecified atom stereocenters. The van der Waals surface area contributed by atoms with Gasteiger partial charge in [0.25, 0.3) is 0 Å². The first-order valence-electron chi connectivity index (χ1n) is 9.50. The van der Waals surface area contributed by atoms with E-state index in [9.17, 15) is 0 Å². The topological polar surface area (TPSA) is 0 Å². The maximum atomic E-state index is 2.45. The first-order chi connectivity index (χ1) is 12.3. The van der Waals surface area contributed by atoms with Crippen molar-refractivity contribution in [1.82, 2.24) is 0 Å². The Bertz CT molecular complexity index is 849. The van der Waals surface area contributed by atoms with Gasteiger partial charge in [-0.25, -0.2) is 0 Å². The van der Waals surface area contributed by atoms with Gasteiger partial charge in [0.1, 0.15) is 0 Å². The molecule has 2 aliphatic rings. The monoisotopic (exact) mass is 326 g/mol. The van der Waals surface area contributed by atoms with E-state index in [0.29, 0.717) is 11.8 Å². The van der Waals surface area contributed by atoms with Gasteiger partial charge in [0.05, 0.1) is 0 Å². The number of hydrogen-bond acceptors (Lipinski definition) is 0. The first kappa shape index (κ1) is 16.1. The maximum absolute atomic E-state index is 2.45. The fourth-order valence-corrected chi connectivity index (χ4v) is 4.47. The van der Waals surface area contributed by atoms with E-state index in [0.717, 1.165) is 6.42 Å². The van der Waals surface area contributed by atoms with Gasteiger partial charge in [0.15, 0.2) is 0 Å². The summed E-state index contributed by atoms with van der Waals surface area (Å²) in [6.07, 6.45) is 15.1. The molecule has 0 N–H and O–H groups in total. The highest BCUT2D eigenvalue weighted by Gasteiger charge is 2.32. The average molecular weight is 326 g/mol. The summed E-state index contributed by atoms with van der Waals surface area (Å²) in [6, 6.07) is 15.7. The van der Waals surface area contributed by atoms with Gasteiger partial charge in [-0.05, 0) is 47.6 Å². The van der Waals surface area contributed by atoms with Gasteiger partial charge in [-0.1, -0.05) is 91.8 Å². The van der Waals surface area contributed by atoms with Gasteiger partial charge in [0, 0.05) is 11.8 Å². The SMILES string of the molecule is CCCc1ccc(C)c2c1C(C(C1=CC=CC1)c1ccccc1)C=C2. The van der Waals surface area contributed by atoms with Gasteiger partial charge in [-0.15, -0.1) is 0 Å². The average Bonchev–Trinajstić information content (AvgIpc) is 3.30. The molecule has 0 amide bonds. The second-order valence-corrected chi connectivity index (χ2v) is 7.27. The lowest BCUT2D eigenvalue weighted by molar-refractivity contribution is 0.689. The summed E-state index contributed by atoms with van der Waals surface area (Å²) in [6.45, 7) is 4.52. The third kappa shape index (κ3) is 2.91. The number of hydrogen-bond donors (Lipinski definition) is 0. The van der Waals surface area contributed by atoms with Crippen LogP contribution in [0.4, 0.5) is 0 Å². The van der Waals surface area contributed by atoms with Crippen molar-refractivity contribution in [1.29, 1.82) is 0 Å². The van der Waals surface area contributed by atoms with Crippen molar-refractivity contribution in [3.8, 4) is 0 Å². The molecular formula is C25H26. The quantitative estimate of drug-likeness (QED) is 0.571. The lowest BCUT2D eigenvalue weighted by atomic mass is 9.75. The molecule has 0 fully saturated rings. The molecule has 0 bridgehead atoms. The summed E-state index contributed by atoms with van der Waals surface area (Å²) in [5, 5.41) is 0. The predicted octanol–water partition coefficient (Wildman–Crippen LogP) is 6.73. The van der Waals surface area contributed by atoms with E-state index in [1.165, 1.54) is 40.7 Å². The number of benzene rings is 2. The molecule has 0 heteroatoms. The molecule has 0 aromatic heterocycles. The zero-order valence-electron chi connectivity index (χ0n) is 15.2. The third-order valence-electron chi connectivity index (χ3n) is 5.64. The van der Waals surface area contributed by atoms with Crippen molar-refractivity contribution in [3.63, 3.8) is 0 Å². The van der Waals surface area contributed by atoms with Crippen molar-refractivity contribution >= 4 is 6.08 Å². The Morgan fingerprint density at radius 2 is 1.92 bits per heavy atom. The Kier molecular flexibility index (Phi) is 4.44. The van der Waals surface area contributed by atoms with Crippen LogP contribution in [0.25, 0.3) is 6.08 Å². The number of rotatable bonds is 5. The van der Waals surface area contributed by atoms with Crippen LogP contribution < -0.4 is 0 Å². The van der Waals surface area contributed by atoms with Crippen LogP contribution in [0.2, 0.25) is 0 Å². The zero-order valence-corrected chi connectivity index (χ0v) is 15.2. The summed E-state index contributed by atoms with van der Waals surface area (Å²) in [7, 11) is 0. The summed E-state index contributed by atoms with van der Waals surface area (Å²) in [4.78, 5) is 0. The van der Waals surface area contributed by atoms with E-state index in [1.807, 2.05) is 0 Å². The van der Waals surface area contributed by atoms with Crippen LogP contribution in [0, 0.1) is 6.92 Å². The van der Waals surface area contributed by atoms with E-state index in [4.69, 9.17) is 0 Å². The van der Waals surface area contributed by atoms with Crippen LogP contribution in [0.15, 0.2) is 72.3 Å². The van der Waals surface area contributed by atoms with Gasteiger partial charge in [-0.2, -0.15) is 0 Å². The van der Waals surface area contributed by atoms with Crippen LogP contribution in [0.3, 0.4) is 0 Å². The third-order valence-corrected chi connectivity index (χ3v) is 5.64. The van der Waals surface area contributed by atoms with E-state index in [1.54, 1.807) is 5.56 Å². The van der Waals surface area contributed by atoms with Crippen molar-refractivity contribution < 1.29 is 0 Å². The normalized spacial score (nSPS) is 19.1. The Labute approximate surface area is 151 Å². The van der Waals surface area contributed by atoms with E-state index in [2.05, 4.69) is 86.7 Å². The predicted molar refractivity (Wildman–Crippen MR) is 108 cm³/mol. The Morgan fingerprint density at radius 3 is 2.64 bits per heavy atom. The highest BCUT2D eigenvalue weighted by atomic mass is 14.4. The molecule has 4 rings (SSSR count). The highest BCUT2D eigenvalue weighted by molar-refractivity contribution is 5.69. The first-order valence-corrected chi connectivity index (χ1v) is 9.50. The summed E-state index contributed by atoms with van der Waals surface area (Å²) in [5.41, 5.74) is 8.94. The highest BCUT2D eigenvalue weighted by Crippen LogP contribution is 2.48. The molecule has 0 aliphatic heterocycles. The summed E-state index contributed by atoms with van der Waals surface area (Å²) in [5.74, 6) is 0.885. The molecule has 25 heavy (non-hydrogen) atoms. The Hall–Kier alpha value is -2.34. The summed E-state index contributed by atoms with van der Waals surface area (Å²) < 4.78 is 0. The van der Waals surface area contributed by atoms with E-state index >= 15 is 0 Å². The van der Waals surface area contributed by atoms with Gasteiger partial charge >= 0.3 is 0 Å². The minimum atomic E-state index is 0.436. The zero-order chi connectivity index (χ0) is 17.2. The molecule has 2 atom stereocenters. The van der Waals surface area contributed by atoms with Crippen molar-refractivity contribution in [3.05, 3.63) is 100 Å². The minimum absolute atomic E-state index is 0.436. The Balaban J connectivity index is 1.84. The lowest BCUT2D eigenvalue weighted by Crippen LogP contribution is -2.13. The minimum Gasteiger partial charge on any atom is -0.0804 e. The fourth-order valence-electron chi connectivity index (χ4n) is 4.47. The molecule has 0 spiro atoms. The molecule has 2 aliphatic carbocycles.